The van der Waals surface area contributed by atoms with Gasteiger partial charge >= 0.3 is 0 Å². The summed E-state index contributed by atoms with van der Waals surface area (Å²) >= 11 is 3.89. The number of aldehydes is 1. The second-order valence-corrected chi connectivity index (χ2v) is 10.1. The zero-order valence-corrected chi connectivity index (χ0v) is 17.0. The van der Waals surface area contributed by atoms with Gasteiger partial charge in [-0.25, -0.2) is 4.39 Å². The summed E-state index contributed by atoms with van der Waals surface area (Å²) in [6.45, 7) is 3.47. The first-order chi connectivity index (χ1) is 13.0. The molecule has 0 spiro atoms. The minimum atomic E-state index is -2.02. The minimum Gasteiger partial charge on any atom is -0.390 e. The fourth-order valence-corrected chi connectivity index (χ4v) is 7.52. The number of rotatable bonds is 2. The Bertz CT molecular complexity index is 798. The number of allylic oxidation sites excluding steroid dienone is 1. The number of hydrogen-bond acceptors (Lipinski definition) is 5. The Kier molecular flexibility index (Phi) is 4.33. The van der Waals surface area contributed by atoms with Crippen LogP contribution in [-0.4, -0.2) is 44.8 Å². The lowest BCUT2D eigenvalue weighted by molar-refractivity contribution is -0.225. The highest BCUT2D eigenvalue weighted by Crippen LogP contribution is 2.70. The number of fused-ring (bicyclic) bond motifs is 5. The normalized spacial score (nSPS) is 52.9. The van der Waals surface area contributed by atoms with E-state index < -0.39 is 45.2 Å². The largest absolute Gasteiger partial charge is 0.390 e. The van der Waals surface area contributed by atoms with Gasteiger partial charge in [0, 0.05) is 16.7 Å². The molecular weight excluding hydrogens is 383 g/mol. The van der Waals surface area contributed by atoms with Crippen molar-refractivity contribution >= 4 is 29.8 Å². The van der Waals surface area contributed by atoms with Crippen LogP contribution in [-0.2, 0) is 14.4 Å². The Hall–Kier alpha value is -1.05. The molecule has 2 N–H and O–H groups in total. The lowest BCUT2D eigenvalue weighted by atomic mass is 9.43. The zero-order chi connectivity index (χ0) is 20.7. The molecule has 4 aliphatic rings. The maximum absolute atomic E-state index is 16.9. The van der Waals surface area contributed by atoms with E-state index in [9.17, 15) is 24.6 Å². The van der Waals surface area contributed by atoms with Crippen molar-refractivity contribution in [2.45, 2.75) is 69.7 Å². The molecule has 0 aromatic heterocycles. The molecule has 0 aromatic rings. The van der Waals surface area contributed by atoms with E-state index in [-0.39, 0.29) is 31.0 Å². The topological polar surface area (TPSA) is 91.7 Å². The standard InChI is InChI=1S/C21H27FO5S/c1-18-8-11(10-23)15(24)7-12(18)3-4-14-13-5-6-20(27,17(26)28)19(13,2)9-16(25)21(14,18)22/h7,10-11,13-14,16,25,27H,3-6,8-9H2,1-2H3,(H,26,28). The fourth-order valence-electron chi connectivity index (χ4n) is 7.16. The number of carbonyl (C=O) groups excluding carboxylic acids is 3. The highest BCUT2D eigenvalue weighted by molar-refractivity contribution is 7.96. The molecule has 0 heterocycles. The van der Waals surface area contributed by atoms with Gasteiger partial charge in [-0.2, -0.15) is 0 Å². The predicted molar refractivity (Wildman–Crippen MR) is 102 cm³/mol. The number of ketones is 1. The van der Waals surface area contributed by atoms with Crippen molar-refractivity contribution in [2.75, 3.05) is 0 Å². The SMILES string of the molecule is CC12CC(C=O)C(=O)C=C1CCC1C3CCC(O)(C(=O)S)C3(C)CC(O)C12F. The van der Waals surface area contributed by atoms with Gasteiger partial charge in [0.2, 0.25) is 5.12 Å². The van der Waals surface area contributed by atoms with Crippen LogP contribution in [0.4, 0.5) is 4.39 Å². The van der Waals surface area contributed by atoms with E-state index >= 15 is 4.39 Å². The Morgan fingerprint density at radius 2 is 1.96 bits per heavy atom. The van der Waals surface area contributed by atoms with E-state index in [4.69, 9.17) is 0 Å². The van der Waals surface area contributed by atoms with E-state index in [2.05, 4.69) is 12.6 Å². The van der Waals surface area contributed by atoms with Gasteiger partial charge in [-0.05, 0) is 50.5 Å². The summed E-state index contributed by atoms with van der Waals surface area (Å²) < 4.78 is 16.9. The monoisotopic (exact) mass is 410 g/mol. The summed E-state index contributed by atoms with van der Waals surface area (Å²) in [5.74, 6) is -2.05. The highest BCUT2D eigenvalue weighted by atomic mass is 32.1. The van der Waals surface area contributed by atoms with Crippen LogP contribution in [0.1, 0.15) is 52.4 Å². The Balaban J connectivity index is 1.82. The quantitative estimate of drug-likeness (QED) is 0.369. The van der Waals surface area contributed by atoms with Crippen LogP contribution >= 0.6 is 12.6 Å². The third-order valence-electron chi connectivity index (χ3n) is 8.82. The van der Waals surface area contributed by atoms with Gasteiger partial charge in [-0.1, -0.05) is 19.4 Å². The minimum absolute atomic E-state index is 0.0461. The summed E-state index contributed by atoms with van der Waals surface area (Å²) in [6, 6.07) is 0. The highest BCUT2D eigenvalue weighted by Gasteiger charge is 2.74. The molecule has 0 bridgehead atoms. The van der Waals surface area contributed by atoms with Crippen molar-refractivity contribution in [2.24, 2.45) is 28.6 Å². The maximum Gasteiger partial charge on any atom is 0.218 e. The second-order valence-electron chi connectivity index (χ2n) is 9.71. The maximum atomic E-state index is 16.9. The van der Waals surface area contributed by atoms with Crippen LogP contribution in [0.25, 0.3) is 0 Å². The Labute approximate surface area is 169 Å². The van der Waals surface area contributed by atoms with E-state index in [0.29, 0.717) is 31.1 Å². The molecule has 3 saturated carbocycles. The van der Waals surface area contributed by atoms with Crippen molar-refractivity contribution in [1.29, 1.82) is 0 Å². The van der Waals surface area contributed by atoms with Crippen molar-refractivity contribution in [3.05, 3.63) is 11.6 Å². The van der Waals surface area contributed by atoms with Gasteiger partial charge in [0.15, 0.2) is 5.78 Å². The molecule has 3 fully saturated rings. The predicted octanol–water partition coefficient (Wildman–Crippen LogP) is 2.19. The van der Waals surface area contributed by atoms with Crippen molar-refractivity contribution in [3.8, 4) is 0 Å². The van der Waals surface area contributed by atoms with E-state index in [0.717, 1.165) is 0 Å². The van der Waals surface area contributed by atoms with Crippen LogP contribution in [0.5, 0.6) is 0 Å². The molecule has 7 heteroatoms. The first-order valence-corrected chi connectivity index (χ1v) is 10.4. The lowest BCUT2D eigenvalue weighted by Gasteiger charge is -2.63. The lowest BCUT2D eigenvalue weighted by Crippen LogP contribution is -2.69. The fraction of sp³-hybridized carbons (Fsp3) is 0.762. The molecule has 4 rings (SSSR count). The number of hydrogen-bond donors (Lipinski definition) is 3. The Morgan fingerprint density at radius 1 is 1.29 bits per heavy atom. The van der Waals surface area contributed by atoms with E-state index in [1.165, 1.54) is 6.08 Å². The first kappa shape index (κ1) is 20.2. The van der Waals surface area contributed by atoms with Gasteiger partial charge in [0.1, 0.15) is 17.6 Å². The molecule has 0 aromatic carbocycles. The number of thiol groups is 1. The van der Waals surface area contributed by atoms with Crippen LogP contribution in [0.15, 0.2) is 11.6 Å². The summed E-state index contributed by atoms with van der Waals surface area (Å²) in [5.41, 5.74) is -5.13. The van der Waals surface area contributed by atoms with Gasteiger partial charge < -0.3 is 15.0 Å². The summed E-state index contributed by atoms with van der Waals surface area (Å²) in [7, 11) is 0. The summed E-state index contributed by atoms with van der Waals surface area (Å²) in [4.78, 5) is 35.7. The molecule has 5 nitrogen and oxygen atoms in total. The van der Waals surface area contributed by atoms with Gasteiger partial charge in [-0.15, -0.1) is 12.6 Å². The molecule has 0 aliphatic heterocycles. The van der Waals surface area contributed by atoms with Crippen LogP contribution in [0.3, 0.4) is 0 Å². The molecular formula is C21H27FO5S. The summed E-state index contributed by atoms with van der Waals surface area (Å²) in [6.07, 6.45) is 2.18. The molecule has 28 heavy (non-hydrogen) atoms. The zero-order valence-electron chi connectivity index (χ0n) is 16.2. The molecule has 154 valence electrons. The number of aliphatic hydroxyl groups excluding tert-OH is 1. The molecule has 8 unspecified atom stereocenters. The number of halogens is 1. The molecule has 0 saturated heterocycles. The molecule has 8 atom stereocenters. The third kappa shape index (κ3) is 2.13. The average molecular weight is 411 g/mol. The van der Waals surface area contributed by atoms with Crippen LogP contribution in [0.2, 0.25) is 0 Å². The molecule has 0 radical (unpaired) electrons. The smallest absolute Gasteiger partial charge is 0.218 e. The third-order valence-corrected chi connectivity index (χ3v) is 9.19. The Morgan fingerprint density at radius 3 is 2.57 bits per heavy atom. The first-order valence-electron chi connectivity index (χ1n) is 9.98. The van der Waals surface area contributed by atoms with Crippen LogP contribution < -0.4 is 0 Å². The number of carbonyl (C=O) groups is 3. The van der Waals surface area contributed by atoms with Crippen molar-refractivity contribution < 1.29 is 29.0 Å². The molecule has 4 aliphatic carbocycles. The number of aliphatic hydroxyl groups is 2. The number of alkyl halides is 1. The van der Waals surface area contributed by atoms with Gasteiger partial charge in [0.05, 0.1) is 12.0 Å². The second kappa shape index (κ2) is 5.99. The van der Waals surface area contributed by atoms with E-state index in [1.807, 2.05) is 0 Å². The van der Waals surface area contributed by atoms with Gasteiger partial charge in [-0.3, -0.25) is 9.59 Å². The van der Waals surface area contributed by atoms with Crippen LogP contribution in [0, 0.1) is 28.6 Å². The summed E-state index contributed by atoms with van der Waals surface area (Å²) in [5, 5.41) is 21.5. The molecule has 0 amide bonds. The van der Waals surface area contributed by atoms with Crippen molar-refractivity contribution in [3.63, 3.8) is 0 Å². The van der Waals surface area contributed by atoms with Gasteiger partial charge in [0.25, 0.3) is 0 Å². The van der Waals surface area contributed by atoms with Crippen molar-refractivity contribution in [1.82, 2.24) is 0 Å². The average Bonchev–Trinajstić information content (AvgIpc) is 2.89. The van der Waals surface area contributed by atoms with E-state index in [1.54, 1.807) is 13.8 Å².